The predicted octanol–water partition coefficient (Wildman–Crippen LogP) is 3.61. The summed E-state index contributed by atoms with van der Waals surface area (Å²) < 4.78 is 1.76. The molecule has 0 spiro atoms. The first-order valence-electron chi connectivity index (χ1n) is 9.49. The Balaban J connectivity index is 1.81. The molecule has 0 bridgehead atoms. The van der Waals surface area contributed by atoms with Gasteiger partial charge in [0.05, 0.1) is 17.1 Å². The van der Waals surface area contributed by atoms with Gasteiger partial charge in [-0.25, -0.2) is 4.68 Å². The largest absolute Gasteiger partial charge is 0.317 e. The topological polar surface area (TPSA) is 46.9 Å². The molecule has 1 unspecified atom stereocenters. The van der Waals surface area contributed by atoms with Gasteiger partial charge in [0.1, 0.15) is 0 Å². The average molecular weight is 347 g/mol. The minimum atomic E-state index is 0.0418. The molecule has 1 atom stereocenters. The Labute approximate surface area is 153 Å². The van der Waals surface area contributed by atoms with Crippen LogP contribution >= 0.6 is 0 Å². The minimum Gasteiger partial charge on any atom is -0.317 e. The van der Waals surface area contributed by atoms with E-state index < -0.39 is 0 Å². The first kappa shape index (κ1) is 17.0. The van der Waals surface area contributed by atoms with E-state index in [-0.39, 0.29) is 11.6 Å². The molecular weight excluding hydrogens is 322 g/mol. The fourth-order valence-electron chi connectivity index (χ4n) is 3.80. The molecule has 4 heteroatoms. The molecule has 1 N–H and O–H groups in total. The number of nitrogens with zero attached hydrogens (tertiary/aromatic N) is 2. The highest BCUT2D eigenvalue weighted by atomic mass is 16.1. The van der Waals surface area contributed by atoms with Gasteiger partial charge >= 0.3 is 0 Å². The van der Waals surface area contributed by atoms with Crippen molar-refractivity contribution in [3.05, 3.63) is 75.7 Å². The van der Waals surface area contributed by atoms with Gasteiger partial charge in [0.15, 0.2) is 0 Å². The third kappa shape index (κ3) is 3.42. The fourth-order valence-corrected chi connectivity index (χ4v) is 3.80. The van der Waals surface area contributed by atoms with E-state index in [4.69, 9.17) is 5.10 Å². The SMILES string of the molecule is Cc1ccc(Cc2nn(C3CCCNCC3)c(=O)c3ccccc23)cc1. The Bertz CT molecular complexity index is 951. The van der Waals surface area contributed by atoms with Crippen LogP contribution in [0.15, 0.2) is 53.3 Å². The molecule has 3 aromatic rings. The van der Waals surface area contributed by atoms with Gasteiger partial charge in [-0.3, -0.25) is 4.79 Å². The lowest BCUT2D eigenvalue weighted by Gasteiger charge is -2.18. The van der Waals surface area contributed by atoms with Crippen molar-refractivity contribution in [3.63, 3.8) is 0 Å². The van der Waals surface area contributed by atoms with Crippen LogP contribution in [-0.4, -0.2) is 22.9 Å². The third-order valence-electron chi connectivity index (χ3n) is 5.29. The number of hydrogen-bond donors (Lipinski definition) is 1. The molecule has 1 aliphatic heterocycles. The number of hydrogen-bond acceptors (Lipinski definition) is 3. The van der Waals surface area contributed by atoms with Crippen LogP contribution in [-0.2, 0) is 6.42 Å². The van der Waals surface area contributed by atoms with Crippen LogP contribution in [0.5, 0.6) is 0 Å². The van der Waals surface area contributed by atoms with E-state index in [1.165, 1.54) is 11.1 Å². The molecule has 26 heavy (non-hydrogen) atoms. The second-order valence-electron chi connectivity index (χ2n) is 7.24. The van der Waals surface area contributed by atoms with E-state index in [0.29, 0.717) is 0 Å². The summed E-state index contributed by atoms with van der Waals surface area (Å²) in [6.07, 6.45) is 3.78. The van der Waals surface area contributed by atoms with E-state index in [1.807, 2.05) is 24.3 Å². The summed E-state index contributed by atoms with van der Waals surface area (Å²) >= 11 is 0. The molecule has 134 valence electrons. The lowest BCUT2D eigenvalue weighted by atomic mass is 10.0. The Hall–Kier alpha value is -2.46. The molecule has 2 heterocycles. The van der Waals surface area contributed by atoms with Crippen LogP contribution < -0.4 is 10.9 Å². The lowest BCUT2D eigenvalue weighted by Crippen LogP contribution is -2.29. The smallest absolute Gasteiger partial charge is 0.274 e. The molecule has 0 radical (unpaired) electrons. The molecule has 2 aromatic carbocycles. The summed E-state index contributed by atoms with van der Waals surface area (Å²) in [5, 5.41) is 10.0. The Morgan fingerprint density at radius 2 is 1.81 bits per heavy atom. The third-order valence-corrected chi connectivity index (χ3v) is 5.29. The molecular formula is C22H25N3O. The van der Waals surface area contributed by atoms with Crippen LogP contribution in [0.2, 0.25) is 0 Å². The highest BCUT2D eigenvalue weighted by Gasteiger charge is 2.19. The van der Waals surface area contributed by atoms with Gasteiger partial charge in [0, 0.05) is 11.8 Å². The fraction of sp³-hybridized carbons (Fsp3) is 0.364. The summed E-state index contributed by atoms with van der Waals surface area (Å²) in [6, 6.07) is 16.6. The maximum atomic E-state index is 13.1. The number of rotatable bonds is 3. The van der Waals surface area contributed by atoms with Crippen molar-refractivity contribution in [2.75, 3.05) is 13.1 Å². The molecule has 1 fully saturated rings. The van der Waals surface area contributed by atoms with Gasteiger partial charge < -0.3 is 5.32 Å². The monoisotopic (exact) mass is 347 g/mol. The van der Waals surface area contributed by atoms with E-state index in [9.17, 15) is 4.79 Å². The second kappa shape index (κ2) is 7.42. The van der Waals surface area contributed by atoms with E-state index in [0.717, 1.165) is 55.2 Å². The molecule has 1 saturated heterocycles. The van der Waals surface area contributed by atoms with Gasteiger partial charge in [-0.2, -0.15) is 5.10 Å². The molecule has 4 nitrogen and oxygen atoms in total. The molecule has 0 aliphatic carbocycles. The first-order chi connectivity index (χ1) is 12.7. The summed E-state index contributed by atoms with van der Waals surface area (Å²) in [6.45, 7) is 4.06. The zero-order valence-corrected chi connectivity index (χ0v) is 15.2. The van der Waals surface area contributed by atoms with Gasteiger partial charge in [-0.05, 0) is 50.9 Å². The average Bonchev–Trinajstić information content (AvgIpc) is 2.95. The number of benzene rings is 2. The Morgan fingerprint density at radius 1 is 1.04 bits per heavy atom. The summed E-state index contributed by atoms with van der Waals surface area (Å²) in [7, 11) is 0. The Kier molecular flexibility index (Phi) is 4.85. The van der Waals surface area contributed by atoms with Gasteiger partial charge in [-0.15, -0.1) is 0 Å². The molecule has 1 aliphatic rings. The summed E-state index contributed by atoms with van der Waals surface area (Å²) in [5.41, 5.74) is 3.50. The van der Waals surface area contributed by atoms with Gasteiger partial charge in [0.2, 0.25) is 0 Å². The number of fused-ring (bicyclic) bond motifs is 1. The maximum Gasteiger partial charge on any atom is 0.274 e. The first-order valence-corrected chi connectivity index (χ1v) is 9.49. The minimum absolute atomic E-state index is 0.0418. The number of nitrogens with one attached hydrogen (secondary N) is 1. The summed E-state index contributed by atoms with van der Waals surface area (Å²) in [5.74, 6) is 0. The Morgan fingerprint density at radius 3 is 2.62 bits per heavy atom. The van der Waals surface area contributed by atoms with Crippen molar-refractivity contribution in [2.45, 2.75) is 38.6 Å². The van der Waals surface area contributed by atoms with Crippen molar-refractivity contribution in [1.82, 2.24) is 15.1 Å². The van der Waals surface area contributed by atoms with E-state index in [2.05, 4.69) is 36.5 Å². The van der Waals surface area contributed by atoms with Crippen LogP contribution in [0.3, 0.4) is 0 Å². The van der Waals surface area contributed by atoms with E-state index in [1.54, 1.807) is 4.68 Å². The highest BCUT2D eigenvalue weighted by Crippen LogP contribution is 2.22. The lowest BCUT2D eigenvalue weighted by molar-refractivity contribution is 0.395. The number of aryl methyl sites for hydroxylation is 1. The van der Waals surface area contributed by atoms with Crippen molar-refractivity contribution in [2.24, 2.45) is 0 Å². The van der Waals surface area contributed by atoms with Crippen LogP contribution in [0.25, 0.3) is 10.8 Å². The zero-order valence-electron chi connectivity index (χ0n) is 15.2. The van der Waals surface area contributed by atoms with Gasteiger partial charge in [0.25, 0.3) is 5.56 Å². The second-order valence-corrected chi connectivity index (χ2v) is 7.24. The predicted molar refractivity (Wildman–Crippen MR) is 106 cm³/mol. The molecule has 0 amide bonds. The zero-order chi connectivity index (χ0) is 17.9. The normalized spacial score (nSPS) is 18.0. The highest BCUT2D eigenvalue weighted by molar-refractivity contribution is 5.83. The van der Waals surface area contributed by atoms with Crippen molar-refractivity contribution in [3.8, 4) is 0 Å². The maximum absolute atomic E-state index is 13.1. The van der Waals surface area contributed by atoms with Crippen molar-refractivity contribution < 1.29 is 0 Å². The number of aromatic nitrogens is 2. The molecule has 4 rings (SSSR count). The summed E-state index contributed by atoms with van der Waals surface area (Å²) in [4.78, 5) is 13.1. The van der Waals surface area contributed by atoms with E-state index >= 15 is 0 Å². The van der Waals surface area contributed by atoms with Crippen molar-refractivity contribution in [1.29, 1.82) is 0 Å². The molecule has 1 aromatic heterocycles. The van der Waals surface area contributed by atoms with Crippen LogP contribution in [0, 0.1) is 6.92 Å². The van der Waals surface area contributed by atoms with Gasteiger partial charge in [-0.1, -0.05) is 48.0 Å². The quantitative estimate of drug-likeness (QED) is 0.787. The van der Waals surface area contributed by atoms with Crippen LogP contribution in [0.4, 0.5) is 0 Å². The molecule has 0 saturated carbocycles. The van der Waals surface area contributed by atoms with Crippen molar-refractivity contribution >= 4 is 10.8 Å². The van der Waals surface area contributed by atoms with Crippen LogP contribution in [0.1, 0.15) is 42.1 Å². The standard InChI is InChI=1S/C22H25N3O/c1-16-8-10-17(11-9-16)15-21-19-6-2-3-7-20(19)22(26)25(24-21)18-5-4-13-23-14-12-18/h2-3,6-11,18,23H,4-5,12-15H2,1H3.